The molecule has 0 heterocycles. The first-order valence-electron chi connectivity index (χ1n) is 9.58. The molecule has 28 heavy (non-hydrogen) atoms. The van der Waals surface area contributed by atoms with Crippen molar-refractivity contribution in [3.8, 4) is 0 Å². The van der Waals surface area contributed by atoms with Gasteiger partial charge in [0.1, 0.15) is 11.8 Å². The van der Waals surface area contributed by atoms with Crippen LogP contribution in [0.2, 0.25) is 0 Å². The number of nitrogens with one attached hydrogen (secondary N) is 1. The predicted octanol–water partition coefficient (Wildman–Crippen LogP) is 3.05. The van der Waals surface area contributed by atoms with Gasteiger partial charge in [-0.1, -0.05) is 30.2 Å². The van der Waals surface area contributed by atoms with Crippen LogP contribution in [0.25, 0.3) is 0 Å². The third kappa shape index (κ3) is 12.7. The number of Topliss-reactive ketones (excluding diaryl/α,β-unsaturated/α-hetero) is 1. The van der Waals surface area contributed by atoms with E-state index >= 15 is 0 Å². The maximum absolute atomic E-state index is 12.3. The minimum Gasteiger partial charge on any atom is -0.467 e. The molecule has 0 aliphatic carbocycles. The van der Waals surface area contributed by atoms with E-state index in [1.165, 1.54) is 31.4 Å². The molecule has 1 unspecified atom stereocenters. The fourth-order valence-corrected chi connectivity index (χ4v) is 3.62. The SMILES string of the molecule is COC(=O)[C@H](CSCC(C)C(=O)CCC(C)=CCCC(C)=CCO)NC(C)=O. The van der Waals surface area contributed by atoms with E-state index < -0.39 is 12.0 Å². The zero-order valence-electron chi connectivity index (χ0n) is 17.7. The Morgan fingerprint density at radius 1 is 1.04 bits per heavy atom. The largest absolute Gasteiger partial charge is 0.467 e. The Labute approximate surface area is 173 Å². The molecule has 0 saturated carbocycles. The van der Waals surface area contributed by atoms with Gasteiger partial charge in [0.2, 0.25) is 5.91 Å². The van der Waals surface area contributed by atoms with Crippen molar-refractivity contribution in [1.29, 1.82) is 0 Å². The minimum atomic E-state index is -0.691. The highest BCUT2D eigenvalue weighted by atomic mass is 32.2. The topological polar surface area (TPSA) is 92.7 Å². The van der Waals surface area contributed by atoms with Crippen LogP contribution in [0, 0.1) is 5.92 Å². The predicted molar refractivity (Wildman–Crippen MR) is 114 cm³/mol. The highest BCUT2D eigenvalue weighted by Gasteiger charge is 2.21. The van der Waals surface area contributed by atoms with Gasteiger partial charge >= 0.3 is 5.97 Å². The summed E-state index contributed by atoms with van der Waals surface area (Å²) in [5.41, 5.74) is 2.36. The Hall–Kier alpha value is -1.60. The third-order valence-corrected chi connectivity index (χ3v) is 5.61. The number of aliphatic hydroxyl groups excluding tert-OH is 1. The molecule has 0 saturated heterocycles. The fraction of sp³-hybridized carbons (Fsp3) is 0.667. The third-order valence-electron chi connectivity index (χ3n) is 4.30. The van der Waals surface area contributed by atoms with Crippen molar-refractivity contribution < 1.29 is 24.2 Å². The highest BCUT2D eigenvalue weighted by molar-refractivity contribution is 7.99. The van der Waals surface area contributed by atoms with Crippen molar-refractivity contribution in [3.05, 3.63) is 23.3 Å². The first-order valence-corrected chi connectivity index (χ1v) is 10.7. The molecular formula is C21H35NO5S. The quantitative estimate of drug-likeness (QED) is 0.336. The van der Waals surface area contributed by atoms with Crippen LogP contribution in [0.15, 0.2) is 23.3 Å². The lowest BCUT2D eigenvalue weighted by Gasteiger charge is -2.16. The lowest BCUT2D eigenvalue weighted by molar-refractivity contribution is -0.144. The van der Waals surface area contributed by atoms with Crippen molar-refractivity contribution in [2.24, 2.45) is 5.92 Å². The average Bonchev–Trinajstić information content (AvgIpc) is 2.64. The smallest absolute Gasteiger partial charge is 0.329 e. The van der Waals surface area contributed by atoms with E-state index in [2.05, 4.69) is 16.1 Å². The molecule has 1 amide bonds. The van der Waals surface area contributed by atoms with Crippen molar-refractivity contribution in [1.82, 2.24) is 5.32 Å². The van der Waals surface area contributed by atoms with E-state index in [4.69, 9.17) is 5.11 Å². The molecule has 6 nitrogen and oxygen atoms in total. The molecule has 0 aromatic carbocycles. The van der Waals surface area contributed by atoms with Gasteiger partial charge in [-0.2, -0.15) is 11.8 Å². The van der Waals surface area contributed by atoms with Gasteiger partial charge in [0.15, 0.2) is 0 Å². The Kier molecular flexibility index (Phi) is 14.5. The lowest BCUT2D eigenvalue weighted by Crippen LogP contribution is -2.42. The number of hydrogen-bond acceptors (Lipinski definition) is 6. The van der Waals surface area contributed by atoms with Gasteiger partial charge in [0.05, 0.1) is 13.7 Å². The van der Waals surface area contributed by atoms with E-state index in [9.17, 15) is 14.4 Å². The summed E-state index contributed by atoms with van der Waals surface area (Å²) < 4.78 is 4.69. The van der Waals surface area contributed by atoms with Crippen LogP contribution in [0.4, 0.5) is 0 Å². The first kappa shape index (κ1) is 26.4. The molecule has 0 radical (unpaired) electrons. The number of ether oxygens (including phenoxy) is 1. The summed E-state index contributed by atoms with van der Waals surface area (Å²) >= 11 is 1.46. The Morgan fingerprint density at radius 3 is 2.25 bits per heavy atom. The second-order valence-corrected chi connectivity index (χ2v) is 8.08. The highest BCUT2D eigenvalue weighted by Crippen LogP contribution is 2.16. The monoisotopic (exact) mass is 413 g/mol. The molecule has 0 spiro atoms. The number of rotatable bonds is 14. The summed E-state index contributed by atoms with van der Waals surface area (Å²) in [4.78, 5) is 35.2. The summed E-state index contributed by atoms with van der Waals surface area (Å²) in [6.45, 7) is 7.35. The van der Waals surface area contributed by atoms with Gasteiger partial charge < -0.3 is 15.2 Å². The number of amides is 1. The Morgan fingerprint density at radius 2 is 1.68 bits per heavy atom. The molecular weight excluding hydrogens is 378 g/mol. The molecule has 0 aliphatic rings. The Balaban J connectivity index is 4.25. The Bertz CT molecular complexity index is 571. The summed E-state index contributed by atoms with van der Waals surface area (Å²) in [6, 6.07) is -0.691. The van der Waals surface area contributed by atoms with Crippen LogP contribution in [0.1, 0.15) is 53.4 Å². The van der Waals surface area contributed by atoms with Crippen molar-refractivity contribution in [2.75, 3.05) is 25.2 Å². The summed E-state index contributed by atoms with van der Waals surface area (Å²) in [6.07, 6.45) is 7.02. The number of carbonyl (C=O) groups excluding carboxylic acids is 3. The summed E-state index contributed by atoms with van der Waals surface area (Å²) in [7, 11) is 1.29. The maximum Gasteiger partial charge on any atom is 0.329 e. The first-order chi connectivity index (χ1) is 13.2. The molecule has 0 fully saturated rings. The number of aliphatic hydroxyl groups is 1. The summed E-state index contributed by atoms with van der Waals surface area (Å²) in [5, 5.41) is 11.4. The summed E-state index contributed by atoms with van der Waals surface area (Å²) in [5.74, 6) is 0.299. The van der Waals surface area contributed by atoms with Crippen LogP contribution in [-0.2, 0) is 19.1 Å². The second kappa shape index (κ2) is 15.3. The molecule has 2 atom stereocenters. The second-order valence-electron chi connectivity index (χ2n) is 7.00. The molecule has 7 heteroatoms. The molecule has 160 valence electrons. The van der Waals surface area contributed by atoms with Gasteiger partial charge in [-0.05, 0) is 33.1 Å². The number of hydrogen-bond donors (Lipinski definition) is 2. The zero-order chi connectivity index (χ0) is 21.5. The molecule has 0 bridgehead atoms. The number of carbonyl (C=O) groups is 3. The maximum atomic E-state index is 12.3. The van der Waals surface area contributed by atoms with E-state index in [1.54, 1.807) is 0 Å². The molecule has 0 aromatic rings. The number of thioether (sulfide) groups is 1. The fourth-order valence-electron chi connectivity index (χ4n) is 2.48. The number of ketones is 1. The number of esters is 1. The van der Waals surface area contributed by atoms with Crippen LogP contribution in [-0.4, -0.2) is 54.0 Å². The number of allylic oxidation sites excluding steroid dienone is 3. The molecule has 0 aliphatic heterocycles. The van der Waals surface area contributed by atoms with Gasteiger partial charge in [0, 0.05) is 30.8 Å². The lowest BCUT2D eigenvalue weighted by atomic mass is 10.0. The van der Waals surface area contributed by atoms with Crippen molar-refractivity contribution in [3.63, 3.8) is 0 Å². The van der Waals surface area contributed by atoms with Gasteiger partial charge in [0.25, 0.3) is 0 Å². The molecule has 2 N–H and O–H groups in total. The number of methoxy groups -OCH3 is 1. The average molecular weight is 414 g/mol. The van der Waals surface area contributed by atoms with E-state index in [1.807, 2.05) is 26.8 Å². The van der Waals surface area contributed by atoms with Crippen molar-refractivity contribution in [2.45, 2.75) is 59.4 Å². The van der Waals surface area contributed by atoms with E-state index in [-0.39, 0.29) is 24.2 Å². The van der Waals surface area contributed by atoms with Crippen LogP contribution in [0.3, 0.4) is 0 Å². The van der Waals surface area contributed by atoms with E-state index in [0.717, 1.165) is 24.8 Å². The molecule has 0 aromatic heterocycles. The van der Waals surface area contributed by atoms with Gasteiger partial charge in [-0.15, -0.1) is 0 Å². The van der Waals surface area contributed by atoms with Crippen LogP contribution >= 0.6 is 11.8 Å². The standard InChI is InChI=1S/C21H35NO5S/c1-15(7-6-8-16(2)11-12-23)9-10-20(25)17(3)13-28-14-19(21(26)27-5)22-18(4)24/h7,11,17,19,23H,6,8-10,12-14H2,1-5H3,(H,22,24)/t17?,19-/m0/s1. The van der Waals surface area contributed by atoms with Gasteiger partial charge in [-0.25, -0.2) is 4.79 Å². The van der Waals surface area contributed by atoms with Gasteiger partial charge in [-0.3, -0.25) is 9.59 Å². The van der Waals surface area contributed by atoms with Crippen LogP contribution < -0.4 is 5.32 Å². The van der Waals surface area contributed by atoms with Crippen molar-refractivity contribution >= 4 is 29.4 Å². The molecule has 0 rings (SSSR count). The van der Waals surface area contributed by atoms with Crippen LogP contribution in [0.5, 0.6) is 0 Å². The minimum absolute atomic E-state index is 0.0735. The normalized spacial score (nSPS) is 14.4. The van der Waals surface area contributed by atoms with E-state index in [0.29, 0.717) is 17.9 Å². The zero-order valence-corrected chi connectivity index (χ0v) is 18.6.